The molecule has 7 heteroatoms. The second-order valence-corrected chi connectivity index (χ2v) is 8.81. The van der Waals surface area contributed by atoms with E-state index in [9.17, 15) is 17.6 Å². The maximum Gasteiger partial charge on any atom is 0.241 e. The molecule has 0 spiro atoms. The normalized spacial score (nSPS) is 16.9. The minimum atomic E-state index is -3.89. The van der Waals surface area contributed by atoms with Gasteiger partial charge in [-0.2, -0.15) is 4.72 Å². The van der Waals surface area contributed by atoms with Gasteiger partial charge in [0.2, 0.25) is 15.9 Å². The molecule has 0 unspecified atom stereocenters. The van der Waals surface area contributed by atoms with Gasteiger partial charge in [-0.1, -0.05) is 13.8 Å². The Labute approximate surface area is 149 Å². The van der Waals surface area contributed by atoms with Gasteiger partial charge in [-0.25, -0.2) is 12.8 Å². The van der Waals surface area contributed by atoms with Gasteiger partial charge in [0.25, 0.3) is 0 Å². The monoisotopic (exact) mass is 370 g/mol. The Bertz CT molecular complexity index is 713. The van der Waals surface area contributed by atoms with Crippen molar-refractivity contribution in [1.29, 1.82) is 0 Å². The molecule has 0 saturated carbocycles. The number of halogens is 1. The van der Waals surface area contributed by atoms with Crippen LogP contribution in [-0.4, -0.2) is 38.4 Å². The molecule has 1 amide bonds. The number of hydrogen-bond acceptors (Lipinski definition) is 3. The summed E-state index contributed by atoms with van der Waals surface area (Å²) in [7, 11) is -3.89. The molecule has 1 aromatic rings. The summed E-state index contributed by atoms with van der Waals surface area (Å²) in [6.45, 7) is 6.76. The number of benzene rings is 1. The summed E-state index contributed by atoms with van der Waals surface area (Å²) in [5.41, 5.74) is 0.255. The van der Waals surface area contributed by atoms with Gasteiger partial charge in [0.15, 0.2) is 0 Å². The van der Waals surface area contributed by atoms with Gasteiger partial charge in [0.1, 0.15) is 11.9 Å². The highest BCUT2D eigenvalue weighted by Gasteiger charge is 2.30. The van der Waals surface area contributed by atoms with Gasteiger partial charge >= 0.3 is 0 Å². The van der Waals surface area contributed by atoms with Gasteiger partial charge in [0.05, 0.1) is 4.90 Å². The van der Waals surface area contributed by atoms with Crippen LogP contribution in [0.3, 0.4) is 0 Å². The third-order valence-electron chi connectivity index (χ3n) is 4.41. The van der Waals surface area contributed by atoms with Gasteiger partial charge in [-0.3, -0.25) is 4.79 Å². The first-order chi connectivity index (χ1) is 11.7. The zero-order valence-electron chi connectivity index (χ0n) is 15.1. The fourth-order valence-electron chi connectivity index (χ4n) is 3.05. The van der Waals surface area contributed by atoms with Crippen molar-refractivity contribution >= 4 is 15.9 Å². The van der Waals surface area contributed by atoms with E-state index >= 15 is 0 Å². The van der Waals surface area contributed by atoms with Crippen molar-refractivity contribution in [3.05, 3.63) is 29.6 Å². The van der Waals surface area contributed by atoms with E-state index in [4.69, 9.17) is 0 Å². The molecule has 0 aliphatic carbocycles. The molecule has 5 nitrogen and oxygen atoms in total. The summed E-state index contributed by atoms with van der Waals surface area (Å²) < 4.78 is 41.3. The second kappa shape index (κ2) is 8.27. The Morgan fingerprint density at radius 1 is 1.24 bits per heavy atom. The number of hydrogen-bond donors (Lipinski definition) is 1. The lowest BCUT2D eigenvalue weighted by Gasteiger charge is -2.31. The first-order valence-corrected chi connectivity index (χ1v) is 10.3. The first kappa shape index (κ1) is 19.8. The molecular formula is C18H27FN2O3S. The number of piperidine rings is 1. The molecule has 1 heterocycles. The van der Waals surface area contributed by atoms with E-state index in [-0.39, 0.29) is 22.3 Å². The first-order valence-electron chi connectivity index (χ1n) is 8.78. The third kappa shape index (κ3) is 5.25. The number of carbonyl (C=O) groups excluding carboxylic acids is 1. The SMILES string of the molecule is Cc1cc(S(=O)(=O)N[C@@H](CC(C)C)C(=O)N2CCCCC2)ccc1F. The zero-order valence-corrected chi connectivity index (χ0v) is 15.9. The van der Waals surface area contributed by atoms with E-state index in [0.717, 1.165) is 25.3 Å². The Hall–Kier alpha value is -1.47. The molecule has 140 valence electrons. The van der Waals surface area contributed by atoms with Gasteiger partial charge in [-0.05, 0) is 62.3 Å². The van der Waals surface area contributed by atoms with Crippen molar-refractivity contribution in [2.45, 2.75) is 57.4 Å². The fraction of sp³-hybridized carbons (Fsp3) is 0.611. The summed E-state index contributed by atoms with van der Waals surface area (Å²) in [4.78, 5) is 14.5. The molecule has 0 radical (unpaired) electrons. The minimum absolute atomic E-state index is 0.0217. The Morgan fingerprint density at radius 3 is 2.44 bits per heavy atom. The van der Waals surface area contributed by atoms with E-state index in [0.29, 0.717) is 19.5 Å². The summed E-state index contributed by atoms with van der Waals surface area (Å²) >= 11 is 0. The fourth-order valence-corrected chi connectivity index (χ4v) is 4.33. The van der Waals surface area contributed by atoms with Crippen LogP contribution in [0.2, 0.25) is 0 Å². The minimum Gasteiger partial charge on any atom is -0.341 e. The zero-order chi connectivity index (χ0) is 18.6. The third-order valence-corrected chi connectivity index (χ3v) is 5.88. The summed E-state index contributed by atoms with van der Waals surface area (Å²) in [5.74, 6) is -0.464. The maximum absolute atomic E-state index is 13.4. The molecule has 1 atom stereocenters. The van der Waals surface area contributed by atoms with Crippen LogP contribution >= 0.6 is 0 Å². The second-order valence-electron chi connectivity index (χ2n) is 7.10. The lowest BCUT2D eigenvalue weighted by atomic mass is 10.0. The van der Waals surface area contributed by atoms with E-state index in [2.05, 4.69) is 4.72 Å². The Kier molecular flexibility index (Phi) is 6.57. The molecule has 1 saturated heterocycles. The Balaban J connectivity index is 2.22. The van der Waals surface area contributed by atoms with E-state index in [1.165, 1.54) is 19.1 Å². The van der Waals surface area contributed by atoms with Crippen molar-refractivity contribution in [1.82, 2.24) is 9.62 Å². The number of nitrogens with one attached hydrogen (secondary N) is 1. The van der Waals surface area contributed by atoms with Crippen LogP contribution in [-0.2, 0) is 14.8 Å². The number of nitrogens with zero attached hydrogens (tertiary/aromatic N) is 1. The molecule has 1 aliphatic rings. The highest BCUT2D eigenvalue weighted by atomic mass is 32.2. The number of carbonyl (C=O) groups is 1. The van der Waals surface area contributed by atoms with E-state index < -0.39 is 21.9 Å². The van der Waals surface area contributed by atoms with Crippen molar-refractivity contribution in [3.63, 3.8) is 0 Å². The number of aryl methyl sites for hydroxylation is 1. The highest BCUT2D eigenvalue weighted by Crippen LogP contribution is 2.18. The smallest absolute Gasteiger partial charge is 0.241 e. The predicted molar refractivity (Wildman–Crippen MR) is 95.1 cm³/mol. The van der Waals surface area contributed by atoms with E-state index in [1.54, 1.807) is 4.90 Å². The number of amides is 1. The van der Waals surface area contributed by atoms with Crippen LogP contribution in [0.4, 0.5) is 4.39 Å². The average molecular weight is 370 g/mol. The molecule has 25 heavy (non-hydrogen) atoms. The van der Waals surface area contributed by atoms with Crippen molar-refractivity contribution in [3.8, 4) is 0 Å². The number of sulfonamides is 1. The molecule has 1 aliphatic heterocycles. The number of rotatable bonds is 6. The molecule has 0 aromatic heterocycles. The maximum atomic E-state index is 13.4. The molecule has 0 bridgehead atoms. The Morgan fingerprint density at radius 2 is 1.88 bits per heavy atom. The molecule has 2 rings (SSSR count). The van der Waals surface area contributed by atoms with Gasteiger partial charge in [0, 0.05) is 13.1 Å². The van der Waals surface area contributed by atoms with Crippen LogP contribution in [0.15, 0.2) is 23.1 Å². The van der Waals surface area contributed by atoms with Gasteiger partial charge in [-0.15, -0.1) is 0 Å². The average Bonchev–Trinajstić information content (AvgIpc) is 2.56. The van der Waals surface area contributed by atoms with Crippen LogP contribution in [0.25, 0.3) is 0 Å². The quantitative estimate of drug-likeness (QED) is 0.837. The van der Waals surface area contributed by atoms with Crippen LogP contribution in [0.5, 0.6) is 0 Å². The molecule has 1 aromatic carbocycles. The predicted octanol–water partition coefficient (Wildman–Crippen LogP) is 2.84. The lowest BCUT2D eigenvalue weighted by Crippen LogP contribution is -2.50. The summed E-state index contributed by atoms with van der Waals surface area (Å²) in [5, 5.41) is 0. The van der Waals surface area contributed by atoms with Crippen molar-refractivity contribution in [2.75, 3.05) is 13.1 Å². The summed E-state index contributed by atoms with van der Waals surface area (Å²) in [6, 6.07) is 2.85. The van der Waals surface area contributed by atoms with Crippen LogP contribution in [0, 0.1) is 18.7 Å². The van der Waals surface area contributed by atoms with Gasteiger partial charge < -0.3 is 4.90 Å². The largest absolute Gasteiger partial charge is 0.341 e. The van der Waals surface area contributed by atoms with Crippen molar-refractivity contribution < 1.29 is 17.6 Å². The molecular weight excluding hydrogens is 343 g/mol. The standard InChI is InChI=1S/C18H27FN2O3S/c1-13(2)11-17(18(22)21-9-5-4-6-10-21)20-25(23,24)15-7-8-16(19)14(3)12-15/h7-8,12-13,17,20H,4-6,9-11H2,1-3H3/t17-/m0/s1. The summed E-state index contributed by atoms with van der Waals surface area (Å²) in [6.07, 6.45) is 3.42. The molecule has 1 fully saturated rings. The topological polar surface area (TPSA) is 66.5 Å². The van der Waals surface area contributed by atoms with E-state index in [1.807, 2.05) is 13.8 Å². The molecule has 1 N–H and O–H groups in total. The highest BCUT2D eigenvalue weighted by molar-refractivity contribution is 7.89. The lowest BCUT2D eigenvalue weighted by molar-refractivity contribution is -0.134. The van der Waals surface area contributed by atoms with Crippen LogP contribution in [0.1, 0.15) is 45.1 Å². The van der Waals surface area contributed by atoms with Crippen molar-refractivity contribution in [2.24, 2.45) is 5.92 Å². The number of likely N-dealkylation sites (tertiary alicyclic amines) is 1. The van der Waals surface area contributed by atoms with Crippen LogP contribution < -0.4 is 4.72 Å².